The van der Waals surface area contributed by atoms with E-state index in [2.05, 4.69) is 0 Å². The summed E-state index contributed by atoms with van der Waals surface area (Å²) in [5.74, 6) is 0.931. The van der Waals surface area contributed by atoms with Gasteiger partial charge in [0.05, 0.1) is 12.9 Å². The maximum atomic E-state index is 12.8. The highest BCUT2D eigenvalue weighted by molar-refractivity contribution is 7.89. The number of carbonyl (C=O) groups excluding carboxylic acids is 1. The average molecular weight is 368 g/mol. The molecule has 1 aromatic rings. The Balaban J connectivity index is 1.96. The third-order valence-corrected chi connectivity index (χ3v) is 6.67. The van der Waals surface area contributed by atoms with Crippen LogP contribution in [-0.2, 0) is 21.4 Å². The number of ether oxygens (including phenoxy) is 1. The molecule has 1 aliphatic rings. The fourth-order valence-electron chi connectivity index (χ4n) is 3.12. The zero-order valence-electron chi connectivity index (χ0n) is 15.3. The van der Waals surface area contributed by atoms with Crippen LogP contribution in [0.5, 0.6) is 5.75 Å². The van der Waals surface area contributed by atoms with Gasteiger partial charge in [0.15, 0.2) is 0 Å². The van der Waals surface area contributed by atoms with Gasteiger partial charge in [-0.1, -0.05) is 12.1 Å². The summed E-state index contributed by atoms with van der Waals surface area (Å²) < 4.78 is 30.5. The van der Waals surface area contributed by atoms with Crippen molar-refractivity contribution in [3.63, 3.8) is 0 Å². The molecule has 6 nitrogen and oxygen atoms in total. The summed E-state index contributed by atoms with van der Waals surface area (Å²) in [7, 11) is -1.53. The van der Waals surface area contributed by atoms with E-state index in [-0.39, 0.29) is 17.6 Å². The number of carbonyl (C=O) groups is 1. The van der Waals surface area contributed by atoms with E-state index in [1.54, 1.807) is 14.0 Å². The Bertz CT molecular complexity index is 665. The quantitative estimate of drug-likeness (QED) is 0.739. The van der Waals surface area contributed by atoms with Gasteiger partial charge in [0.25, 0.3) is 0 Å². The number of piperidine rings is 1. The minimum Gasteiger partial charge on any atom is -0.497 e. The van der Waals surface area contributed by atoms with E-state index >= 15 is 0 Å². The molecule has 0 N–H and O–H groups in total. The number of nitrogens with zero attached hydrogens (tertiary/aromatic N) is 2. The molecule has 0 aliphatic carbocycles. The van der Waals surface area contributed by atoms with Crippen LogP contribution < -0.4 is 4.74 Å². The molecule has 0 bridgehead atoms. The van der Waals surface area contributed by atoms with Crippen molar-refractivity contribution in [3.8, 4) is 5.75 Å². The number of hydrogen-bond donors (Lipinski definition) is 0. The van der Waals surface area contributed by atoms with E-state index in [9.17, 15) is 13.2 Å². The van der Waals surface area contributed by atoms with Gasteiger partial charge in [-0.2, -0.15) is 0 Å². The summed E-state index contributed by atoms with van der Waals surface area (Å²) in [5.41, 5.74) is 1.06. The van der Waals surface area contributed by atoms with Crippen LogP contribution in [0.3, 0.4) is 0 Å². The van der Waals surface area contributed by atoms with Crippen molar-refractivity contribution in [1.29, 1.82) is 0 Å². The van der Waals surface area contributed by atoms with Crippen LogP contribution in [-0.4, -0.2) is 56.0 Å². The standard InChI is InChI=1S/C18H28N2O4S/c1-4-19(14-15-6-8-17(24-3)9-7-15)18(21)16-10-12-20(13-11-16)25(22,23)5-2/h6-9,16H,4-5,10-14H2,1-3H3. The van der Waals surface area contributed by atoms with E-state index in [0.29, 0.717) is 39.0 Å². The first-order chi connectivity index (χ1) is 11.9. The van der Waals surface area contributed by atoms with Crippen molar-refractivity contribution in [3.05, 3.63) is 29.8 Å². The summed E-state index contributed by atoms with van der Waals surface area (Å²) in [6.07, 6.45) is 1.19. The molecule has 25 heavy (non-hydrogen) atoms. The van der Waals surface area contributed by atoms with Gasteiger partial charge < -0.3 is 9.64 Å². The normalized spacial score (nSPS) is 16.6. The Morgan fingerprint density at radius 3 is 2.28 bits per heavy atom. The molecule has 1 aromatic carbocycles. The summed E-state index contributed by atoms with van der Waals surface area (Å²) in [6.45, 7) is 5.70. The van der Waals surface area contributed by atoms with Gasteiger partial charge in [-0.3, -0.25) is 4.79 Å². The molecule has 0 atom stereocenters. The maximum Gasteiger partial charge on any atom is 0.226 e. The number of hydrogen-bond acceptors (Lipinski definition) is 4. The SMILES string of the molecule is CCN(Cc1ccc(OC)cc1)C(=O)C1CCN(S(=O)(=O)CC)CC1. The molecule has 0 radical (unpaired) electrons. The highest BCUT2D eigenvalue weighted by Crippen LogP contribution is 2.23. The topological polar surface area (TPSA) is 66.9 Å². The van der Waals surface area contributed by atoms with Gasteiger partial charge in [0.2, 0.25) is 15.9 Å². The fraction of sp³-hybridized carbons (Fsp3) is 0.611. The van der Waals surface area contributed by atoms with Crippen LogP contribution in [0.2, 0.25) is 0 Å². The number of amides is 1. The third-order valence-electron chi connectivity index (χ3n) is 4.79. The molecular formula is C18H28N2O4S. The van der Waals surface area contributed by atoms with Gasteiger partial charge in [0.1, 0.15) is 5.75 Å². The minimum atomic E-state index is -3.15. The van der Waals surface area contributed by atoms with E-state index in [1.165, 1.54) is 4.31 Å². The smallest absolute Gasteiger partial charge is 0.226 e. The molecule has 1 amide bonds. The van der Waals surface area contributed by atoms with Gasteiger partial charge in [0, 0.05) is 32.1 Å². The lowest BCUT2D eigenvalue weighted by molar-refractivity contribution is -0.137. The maximum absolute atomic E-state index is 12.8. The summed E-state index contributed by atoms with van der Waals surface area (Å²) in [6, 6.07) is 7.71. The van der Waals surface area contributed by atoms with E-state index in [4.69, 9.17) is 4.74 Å². The van der Waals surface area contributed by atoms with Crippen LogP contribution in [0.25, 0.3) is 0 Å². The second-order valence-electron chi connectivity index (χ2n) is 6.27. The lowest BCUT2D eigenvalue weighted by Crippen LogP contribution is -2.44. The van der Waals surface area contributed by atoms with Crippen molar-refractivity contribution >= 4 is 15.9 Å². The molecular weight excluding hydrogens is 340 g/mol. The molecule has 0 aromatic heterocycles. The van der Waals surface area contributed by atoms with Crippen LogP contribution in [0.4, 0.5) is 0 Å². The highest BCUT2D eigenvalue weighted by Gasteiger charge is 2.31. The number of methoxy groups -OCH3 is 1. The molecule has 1 heterocycles. The Kier molecular flexibility index (Phi) is 6.84. The first-order valence-corrected chi connectivity index (χ1v) is 10.4. The van der Waals surface area contributed by atoms with Crippen LogP contribution in [0.15, 0.2) is 24.3 Å². The predicted octanol–water partition coefficient (Wildman–Crippen LogP) is 2.11. The Hall–Kier alpha value is -1.60. The molecule has 1 fully saturated rings. The van der Waals surface area contributed by atoms with Crippen molar-refractivity contribution in [1.82, 2.24) is 9.21 Å². The number of benzene rings is 1. The van der Waals surface area contributed by atoms with Crippen molar-refractivity contribution in [2.24, 2.45) is 5.92 Å². The number of sulfonamides is 1. The fourth-order valence-corrected chi connectivity index (χ4v) is 4.25. The van der Waals surface area contributed by atoms with Crippen LogP contribution >= 0.6 is 0 Å². The monoisotopic (exact) mass is 368 g/mol. The summed E-state index contributed by atoms with van der Waals surface area (Å²) in [4.78, 5) is 14.7. The zero-order chi connectivity index (χ0) is 18.4. The molecule has 0 spiro atoms. The molecule has 1 saturated heterocycles. The Morgan fingerprint density at radius 1 is 1.20 bits per heavy atom. The second-order valence-corrected chi connectivity index (χ2v) is 8.53. The van der Waals surface area contributed by atoms with Crippen molar-refractivity contribution in [2.45, 2.75) is 33.2 Å². The van der Waals surface area contributed by atoms with Gasteiger partial charge >= 0.3 is 0 Å². The van der Waals surface area contributed by atoms with Crippen LogP contribution in [0, 0.1) is 5.92 Å². The van der Waals surface area contributed by atoms with Crippen molar-refractivity contribution < 1.29 is 17.9 Å². The molecule has 2 rings (SSSR count). The minimum absolute atomic E-state index is 0.0958. The second kappa shape index (κ2) is 8.67. The third kappa shape index (κ3) is 4.95. The van der Waals surface area contributed by atoms with E-state index in [1.807, 2.05) is 36.1 Å². The Labute approximate surface area is 150 Å². The number of rotatable bonds is 7. The zero-order valence-corrected chi connectivity index (χ0v) is 16.1. The lowest BCUT2D eigenvalue weighted by Gasteiger charge is -2.33. The first kappa shape index (κ1) is 19.7. The van der Waals surface area contributed by atoms with Gasteiger partial charge in [-0.25, -0.2) is 12.7 Å². The van der Waals surface area contributed by atoms with E-state index in [0.717, 1.165) is 11.3 Å². The molecule has 7 heteroatoms. The van der Waals surface area contributed by atoms with Gasteiger partial charge in [-0.05, 0) is 44.4 Å². The largest absolute Gasteiger partial charge is 0.497 e. The van der Waals surface area contributed by atoms with Crippen LogP contribution in [0.1, 0.15) is 32.3 Å². The highest BCUT2D eigenvalue weighted by atomic mass is 32.2. The molecule has 0 unspecified atom stereocenters. The molecule has 1 aliphatic heterocycles. The summed E-state index contributed by atoms with van der Waals surface area (Å²) in [5, 5.41) is 0. The van der Waals surface area contributed by atoms with Crippen molar-refractivity contribution in [2.75, 3.05) is 32.5 Å². The summed E-state index contributed by atoms with van der Waals surface area (Å²) >= 11 is 0. The Morgan fingerprint density at radius 2 is 1.80 bits per heavy atom. The molecule has 140 valence electrons. The van der Waals surface area contributed by atoms with Gasteiger partial charge in [-0.15, -0.1) is 0 Å². The first-order valence-electron chi connectivity index (χ1n) is 8.80. The lowest BCUT2D eigenvalue weighted by atomic mass is 9.96. The van der Waals surface area contributed by atoms with E-state index < -0.39 is 10.0 Å². The predicted molar refractivity (Wildman–Crippen MR) is 97.8 cm³/mol. The average Bonchev–Trinajstić information content (AvgIpc) is 2.66. The molecule has 0 saturated carbocycles.